The van der Waals surface area contributed by atoms with Crippen LogP contribution in [0.5, 0.6) is 0 Å². The zero-order chi connectivity index (χ0) is 11.3. The average molecular weight is 227 g/mol. The lowest BCUT2D eigenvalue weighted by molar-refractivity contribution is -0.147. The van der Waals surface area contributed by atoms with Crippen LogP contribution in [0.1, 0.15) is 25.1 Å². The van der Waals surface area contributed by atoms with E-state index in [9.17, 15) is 4.79 Å². The van der Waals surface area contributed by atoms with Crippen LogP contribution in [0.3, 0.4) is 0 Å². The van der Waals surface area contributed by atoms with Gasteiger partial charge in [0.05, 0.1) is 0 Å². The lowest BCUT2D eigenvalue weighted by Crippen LogP contribution is -2.37. The maximum Gasteiger partial charge on any atom is 0.323 e. The van der Waals surface area contributed by atoms with Gasteiger partial charge in [-0.3, -0.25) is 4.79 Å². The normalized spacial score (nSPS) is 14.6. The summed E-state index contributed by atoms with van der Waals surface area (Å²) in [6.07, 6.45) is 0.884. The lowest BCUT2D eigenvalue weighted by Gasteiger charge is -2.16. The van der Waals surface area contributed by atoms with E-state index in [1.807, 2.05) is 31.4 Å². The molecule has 1 aromatic rings. The molecule has 0 radical (unpaired) electrons. The Hall–Kier alpha value is -0.870. The summed E-state index contributed by atoms with van der Waals surface area (Å²) in [5.41, 5.74) is 5.74. The first kappa shape index (κ1) is 12.2. The molecule has 84 valence electrons. The number of ether oxygens (including phenoxy) is 1. The van der Waals surface area contributed by atoms with Gasteiger partial charge in [0.1, 0.15) is 12.6 Å². The summed E-state index contributed by atoms with van der Waals surface area (Å²) in [6.45, 7) is 4.30. The number of esters is 1. The molecule has 0 bridgehead atoms. The molecular formula is C11H17NO2S. The van der Waals surface area contributed by atoms with Gasteiger partial charge in [-0.1, -0.05) is 26.3 Å². The van der Waals surface area contributed by atoms with Crippen LogP contribution in [0.2, 0.25) is 0 Å². The predicted molar refractivity (Wildman–Crippen MR) is 61.5 cm³/mol. The van der Waals surface area contributed by atoms with Gasteiger partial charge in [0.15, 0.2) is 0 Å². The minimum atomic E-state index is -0.505. The van der Waals surface area contributed by atoms with Crippen LogP contribution in [0.25, 0.3) is 0 Å². The molecule has 1 aromatic heterocycles. The first-order valence-corrected chi connectivity index (χ1v) is 5.97. The zero-order valence-electron chi connectivity index (χ0n) is 9.10. The molecule has 2 atom stereocenters. The van der Waals surface area contributed by atoms with Crippen LogP contribution in [0.4, 0.5) is 0 Å². The molecule has 2 N–H and O–H groups in total. The summed E-state index contributed by atoms with van der Waals surface area (Å²) >= 11 is 1.57. The number of carbonyl (C=O) groups is 1. The van der Waals surface area contributed by atoms with Crippen LogP contribution in [-0.4, -0.2) is 12.0 Å². The summed E-state index contributed by atoms with van der Waals surface area (Å²) in [7, 11) is 0. The van der Waals surface area contributed by atoms with Gasteiger partial charge in [-0.2, -0.15) is 0 Å². The minimum Gasteiger partial charge on any atom is -0.459 e. The van der Waals surface area contributed by atoms with Gasteiger partial charge in [-0.15, -0.1) is 11.3 Å². The Bertz CT molecular complexity index is 298. The van der Waals surface area contributed by atoms with Crippen molar-refractivity contribution in [3.05, 3.63) is 22.4 Å². The molecule has 3 nitrogen and oxygen atoms in total. The largest absolute Gasteiger partial charge is 0.459 e. The number of rotatable bonds is 5. The van der Waals surface area contributed by atoms with Crippen molar-refractivity contribution in [3.8, 4) is 0 Å². The highest BCUT2D eigenvalue weighted by Gasteiger charge is 2.20. The molecule has 0 saturated heterocycles. The standard InChI is InChI=1S/C11H17NO2S/c1-3-8(2)10(12)11(13)14-7-9-5-4-6-15-9/h4-6,8,10H,3,7,12H2,1-2H3/t8?,10-/m0/s1. The molecular weight excluding hydrogens is 210 g/mol. The molecule has 4 heteroatoms. The Kier molecular flexibility index (Phi) is 4.78. The summed E-state index contributed by atoms with van der Waals surface area (Å²) in [5.74, 6) is -0.140. The fourth-order valence-corrected chi connectivity index (χ4v) is 1.74. The molecule has 0 fully saturated rings. The predicted octanol–water partition coefficient (Wildman–Crippen LogP) is 2.16. The average Bonchev–Trinajstić information content (AvgIpc) is 2.76. The first-order valence-electron chi connectivity index (χ1n) is 5.09. The van der Waals surface area contributed by atoms with Crippen molar-refractivity contribution in [1.29, 1.82) is 0 Å². The van der Waals surface area contributed by atoms with E-state index in [1.165, 1.54) is 0 Å². The Labute approximate surface area is 94.2 Å². The highest BCUT2D eigenvalue weighted by atomic mass is 32.1. The van der Waals surface area contributed by atoms with E-state index in [1.54, 1.807) is 11.3 Å². The second kappa shape index (κ2) is 5.88. The maximum atomic E-state index is 11.5. The van der Waals surface area contributed by atoms with Crippen LogP contribution >= 0.6 is 11.3 Å². The molecule has 0 aliphatic carbocycles. The van der Waals surface area contributed by atoms with Crippen LogP contribution in [0, 0.1) is 5.92 Å². The Balaban J connectivity index is 2.36. The summed E-state index contributed by atoms with van der Waals surface area (Å²) in [4.78, 5) is 12.5. The molecule has 1 unspecified atom stereocenters. The second-order valence-corrected chi connectivity index (χ2v) is 4.63. The topological polar surface area (TPSA) is 52.3 Å². The van der Waals surface area contributed by atoms with Gasteiger partial charge in [-0.25, -0.2) is 0 Å². The van der Waals surface area contributed by atoms with E-state index < -0.39 is 6.04 Å². The molecule has 1 heterocycles. The number of nitrogens with two attached hydrogens (primary N) is 1. The first-order chi connectivity index (χ1) is 7.15. The lowest BCUT2D eigenvalue weighted by atomic mass is 10.0. The molecule has 15 heavy (non-hydrogen) atoms. The van der Waals surface area contributed by atoms with E-state index in [4.69, 9.17) is 10.5 Å². The van der Waals surface area contributed by atoms with E-state index in [2.05, 4.69) is 0 Å². The number of thiophene rings is 1. The molecule has 0 spiro atoms. The maximum absolute atomic E-state index is 11.5. The quantitative estimate of drug-likeness (QED) is 0.784. The number of carbonyl (C=O) groups excluding carboxylic acids is 1. The third kappa shape index (κ3) is 3.64. The van der Waals surface area contributed by atoms with Crippen molar-refractivity contribution >= 4 is 17.3 Å². The Morgan fingerprint density at radius 2 is 2.40 bits per heavy atom. The Morgan fingerprint density at radius 1 is 1.67 bits per heavy atom. The monoisotopic (exact) mass is 227 g/mol. The highest BCUT2D eigenvalue weighted by Crippen LogP contribution is 2.12. The highest BCUT2D eigenvalue weighted by molar-refractivity contribution is 7.09. The minimum absolute atomic E-state index is 0.167. The summed E-state index contributed by atoms with van der Waals surface area (Å²) in [5, 5.41) is 1.96. The van der Waals surface area contributed by atoms with Crippen molar-refractivity contribution in [2.75, 3.05) is 0 Å². The molecule has 1 rings (SSSR count). The van der Waals surface area contributed by atoms with Gasteiger partial charge in [0.25, 0.3) is 0 Å². The SMILES string of the molecule is CCC(C)[C@H](N)C(=O)OCc1cccs1. The van der Waals surface area contributed by atoms with Crippen LogP contribution in [0.15, 0.2) is 17.5 Å². The van der Waals surface area contributed by atoms with Crippen molar-refractivity contribution in [2.24, 2.45) is 11.7 Å². The smallest absolute Gasteiger partial charge is 0.323 e. The van der Waals surface area contributed by atoms with Gasteiger partial charge in [-0.05, 0) is 17.4 Å². The molecule has 0 saturated carbocycles. The molecule has 0 aliphatic rings. The van der Waals surface area contributed by atoms with Crippen LogP contribution in [-0.2, 0) is 16.1 Å². The van der Waals surface area contributed by atoms with Crippen LogP contribution < -0.4 is 5.73 Å². The summed E-state index contributed by atoms with van der Waals surface area (Å²) < 4.78 is 5.12. The molecule has 0 aromatic carbocycles. The fourth-order valence-electron chi connectivity index (χ4n) is 1.12. The van der Waals surface area contributed by atoms with Crippen molar-refractivity contribution in [1.82, 2.24) is 0 Å². The van der Waals surface area contributed by atoms with E-state index in [0.717, 1.165) is 11.3 Å². The second-order valence-electron chi connectivity index (χ2n) is 3.60. The van der Waals surface area contributed by atoms with Crippen molar-refractivity contribution < 1.29 is 9.53 Å². The summed E-state index contributed by atoms with van der Waals surface area (Å²) in [6, 6.07) is 3.37. The van der Waals surface area contributed by atoms with E-state index in [0.29, 0.717) is 6.61 Å². The fraction of sp³-hybridized carbons (Fsp3) is 0.545. The van der Waals surface area contributed by atoms with Crippen molar-refractivity contribution in [2.45, 2.75) is 32.9 Å². The van der Waals surface area contributed by atoms with Gasteiger partial charge in [0, 0.05) is 4.88 Å². The zero-order valence-corrected chi connectivity index (χ0v) is 9.92. The molecule has 0 aliphatic heterocycles. The number of hydrogen-bond donors (Lipinski definition) is 1. The third-order valence-electron chi connectivity index (χ3n) is 2.47. The third-order valence-corrected chi connectivity index (χ3v) is 3.32. The molecule has 0 amide bonds. The van der Waals surface area contributed by atoms with Gasteiger partial charge < -0.3 is 10.5 Å². The van der Waals surface area contributed by atoms with Gasteiger partial charge in [0.2, 0.25) is 0 Å². The Morgan fingerprint density at radius 3 is 2.93 bits per heavy atom. The van der Waals surface area contributed by atoms with E-state index in [-0.39, 0.29) is 11.9 Å². The number of hydrogen-bond acceptors (Lipinski definition) is 4. The van der Waals surface area contributed by atoms with E-state index >= 15 is 0 Å². The van der Waals surface area contributed by atoms with Gasteiger partial charge >= 0.3 is 5.97 Å². The van der Waals surface area contributed by atoms with Crippen molar-refractivity contribution in [3.63, 3.8) is 0 Å².